The molecule has 0 aliphatic heterocycles. The van der Waals surface area contributed by atoms with E-state index in [1.54, 1.807) is 18.2 Å². The predicted molar refractivity (Wildman–Crippen MR) is 81.2 cm³/mol. The van der Waals surface area contributed by atoms with Gasteiger partial charge in [-0.05, 0) is 40.5 Å². The molecule has 0 radical (unpaired) electrons. The van der Waals surface area contributed by atoms with Gasteiger partial charge in [0.2, 0.25) is 10.0 Å². The van der Waals surface area contributed by atoms with Gasteiger partial charge in [-0.3, -0.25) is 0 Å². The highest BCUT2D eigenvalue weighted by Crippen LogP contribution is 2.28. The van der Waals surface area contributed by atoms with Gasteiger partial charge < -0.3 is 0 Å². The zero-order valence-electron chi connectivity index (χ0n) is 10.5. The minimum absolute atomic E-state index is 0.323. The summed E-state index contributed by atoms with van der Waals surface area (Å²) in [4.78, 5) is 0.323. The maximum atomic E-state index is 12.5. The molecular formula is C12H17Br2NO2S. The van der Waals surface area contributed by atoms with E-state index in [1.165, 1.54) is 4.31 Å². The summed E-state index contributed by atoms with van der Waals surface area (Å²) in [7, 11) is -3.41. The maximum absolute atomic E-state index is 12.5. The first-order chi connectivity index (χ1) is 8.43. The third kappa shape index (κ3) is 3.79. The highest BCUT2D eigenvalue weighted by atomic mass is 79.9. The molecule has 0 saturated carbocycles. The molecule has 1 rings (SSSR count). The van der Waals surface area contributed by atoms with E-state index in [0.717, 1.165) is 17.3 Å². The molecule has 102 valence electrons. The molecule has 1 aromatic rings. The molecule has 0 saturated heterocycles. The van der Waals surface area contributed by atoms with Gasteiger partial charge in [0, 0.05) is 22.0 Å². The molecule has 0 bridgehead atoms. The highest BCUT2D eigenvalue weighted by Gasteiger charge is 2.24. The summed E-state index contributed by atoms with van der Waals surface area (Å²) in [5.74, 6) is 0. The van der Waals surface area contributed by atoms with Crippen molar-refractivity contribution in [2.45, 2.75) is 31.6 Å². The Morgan fingerprint density at radius 2 is 1.89 bits per heavy atom. The number of sulfonamides is 1. The van der Waals surface area contributed by atoms with Gasteiger partial charge in [0.15, 0.2) is 0 Å². The molecular weight excluding hydrogens is 382 g/mol. The van der Waals surface area contributed by atoms with Crippen molar-refractivity contribution in [1.29, 1.82) is 0 Å². The van der Waals surface area contributed by atoms with Gasteiger partial charge in [0.25, 0.3) is 0 Å². The van der Waals surface area contributed by atoms with E-state index in [-0.39, 0.29) is 0 Å². The first kappa shape index (κ1) is 16.1. The smallest absolute Gasteiger partial charge is 0.207 e. The fourth-order valence-electron chi connectivity index (χ4n) is 1.61. The zero-order valence-corrected chi connectivity index (χ0v) is 14.5. The Kier molecular flexibility index (Phi) is 6.30. The molecule has 1 aromatic carbocycles. The molecule has 6 heteroatoms. The number of halogens is 2. The van der Waals surface area contributed by atoms with E-state index in [1.807, 2.05) is 6.92 Å². The van der Waals surface area contributed by atoms with Crippen LogP contribution in [0.5, 0.6) is 0 Å². The summed E-state index contributed by atoms with van der Waals surface area (Å²) in [6.07, 6.45) is 1.86. The van der Waals surface area contributed by atoms with Crippen molar-refractivity contribution in [2.75, 3.05) is 13.1 Å². The third-order valence-corrected chi connectivity index (χ3v) is 6.07. The van der Waals surface area contributed by atoms with E-state index in [4.69, 9.17) is 0 Å². The van der Waals surface area contributed by atoms with Crippen LogP contribution in [0.1, 0.15) is 26.7 Å². The molecule has 0 fully saturated rings. The fraction of sp³-hybridized carbons (Fsp3) is 0.500. The number of nitrogens with zero attached hydrogens (tertiary/aromatic N) is 1. The summed E-state index contributed by atoms with van der Waals surface area (Å²) in [6, 6.07) is 5.12. The van der Waals surface area contributed by atoms with Crippen LogP contribution in [-0.2, 0) is 10.0 Å². The first-order valence-electron chi connectivity index (χ1n) is 5.88. The number of benzene rings is 1. The second kappa shape index (κ2) is 7.03. The molecule has 0 spiro atoms. The maximum Gasteiger partial charge on any atom is 0.244 e. The van der Waals surface area contributed by atoms with Crippen molar-refractivity contribution in [3.8, 4) is 0 Å². The second-order valence-corrected chi connectivity index (χ2v) is 7.60. The Balaban J connectivity index is 3.10. The average molecular weight is 399 g/mol. The molecule has 0 unspecified atom stereocenters. The van der Waals surface area contributed by atoms with Crippen molar-refractivity contribution in [3.63, 3.8) is 0 Å². The first-order valence-corrected chi connectivity index (χ1v) is 8.91. The number of hydrogen-bond donors (Lipinski definition) is 0. The number of rotatable bonds is 6. The topological polar surface area (TPSA) is 37.4 Å². The van der Waals surface area contributed by atoms with Crippen LogP contribution in [0, 0.1) is 0 Å². The minimum Gasteiger partial charge on any atom is -0.207 e. The molecule has 0 amide bonds. The monoisotopic (exact) mass is 397 g/mol. The predicted octanol–water partition coefficient (Wildman–Crippen LogP) is 4.02. The lowest BCUT2D eigenvalue weighted by Gasteiger charge is -2.21. The third-order valence-electron chi connectivity index (χ3n) is 2.63. The van der Waals surface area contributed by atoms with Gasteiger partial charge in [0.05, 0.1) is 4.90 Å². The van der Waals surface area contributed by atoms with E-state index in [0.29, 0.717) is 22.5 Å². The van der Waals surface area contributed by atoms with E-state index >= 15 is 0 Å². The van der Waals surface area contributed by atoms with Crippen molar-refractivity contribution in [2.24, 2.45) is 0 Å². The van der Waals surface area contributed by atoms with Crippen LogP contribution in [0.4, 0.5) is 0 Å². The van der Waals surface area contributed by atoms with Crippen LogP contribution in [0.25, 0.3) is 0 Å². The van der Waals surface area contributed by atoms with Crippen LogP contribution >= 0.6 is 31.9 Å². The normalized spacial score (nSPS) is 12.1. The van der Waals surface area contributed by atoms with E-state index in [2.05, 4.69) is 38.8 Å². The lowest BCUT2D eigenvalue weighted by molar-refractivity contribution is 0.418. The molecule has 0 aliphatic rings. The summed E-state index contributed by atoms with van der Waals surface area (Å²) in [5.41, 5.74) is 0. The van der Waals surface area contributed by atoms with Crippen molar-refractivity contribution < 1.29 is 8.42 Å². The minimum atomic E-state index is -3.41. The Hall–Kier alpha value is 0.0900. The van der Waals surface area contributed by atoms with Gasteiger partial charge in [-0.25, -0.2) is 8.42 Å². The quantitative estimate of drug-likeness (QED) is 0.725. The van der Waals surface area contributed by atoms with Crippen molar-refractivity contribution >= 4 is 41.9 Å². The SMILES string of the molecule is CCCCN(CC)S(=O)(=O)c1ccc(Br)cc1Br. The van der Waals surface area contributed by atoms with Crippen molar-refractivity contribution in [1.82, 2.24) is 4.31 Å². The van der Waals surface area contributed by atoms with Gasteiger partial charge in [-0.2, -0.15) is 4.31 Å². The van der Waals surface area contributed by atoms with Gasteiger partial charge in [-0.1, -0.05) is 36.2 Å². The summed E-state index contributed by atoms with van der Waals surface area (Å²) >= 11 is 6.63. The second-order valence-electron chi connectivity index (χ2n) is 3.93. The summed E-state index contributed by atoms with van der Waals surface area (Å²) < 4.78 is 27.9. The molecule has 0 atom stereocenters. The largest absolute Gasteiger partial charge is 0.244 e. The average Bonchev–Trinajstić information content (AvgIpc) is 2.29. The Labute approximate surface area is 126 Å². The van der Waals surface area contributed by atoms with Crippen LogP contribution in [-0.4, -0.2) is 25.8 Å². The van der Waals surface area contributed by atoms with Crippen LogP contribution < -0.4 is 0 Å². The van der Waals surface area contributed by atoms with Gasteiger partial charge >= 0.3 is 0 Å². The molecule has 3 nitrogen and oxygen atoms in total. The Bertz CT molecular complexity index is 503. The van der Waals surface area contributed by atoms with E-state index in [9.17, 15) is 8.42 Å². The Morgan fingerprint density at radius 3 is 2.39 bits per heavy atom. The molecule has 18 heavy (non-hydrogen) atoms. The van der Waals surface area contributed by atoms with Crippen LogP contribution in [0.15, 0.2) is 32.0 Å². The molecule has 0 heterocycles. The number of unbranched alkanes of at least 4 members (excludes halogenated alkanes) is 1. The summed E-state index contributed by atoms with van der Waals surface area (Å²) in [5, 5.41) is 0. The van der Waals surface area contributed by atoms with Gasteiger partial charge in [0.1, 0.15) is 0 Å². The van der Waals surface area contributed by atoms with Crippen LogP contribution in [0.2, 0.25) is 0 Å². The molecule has 0 aromatic heterocycles. The molecule has 0 aliphatic carbocycles. The zero-order chi connectivity index (χ0) is 13.8. The van der Waals surface area contributed by atoms with Crippen molar-refractivity contribution in [3.05, 3.63) is 27.1 Å². The lowest BCUT2D eigenvalue weighted by Crippen LogP contribution is -2.32. The van der Waals surface area contributed by atoms with E-state index < -0.39 is 10.0 Å². The Morgan fingerprint density at radius 1 is 1.22 bits per heavy atom. The highest BCUT2D eigenvalue weighted by molar-refractivity contribution is 9.11. The van der Waals surface area contributed by atoms with Gasteiger partial charge in [-0.15, -0.1) is 0 Å². The standard InChI is InChI=1S/C12H17Br2NO2S/c1-3-5-8-15(4-2)18(16,17)12-7-6-10(13)9-11(12)14/h6-7,9H,3-5,8H2,1-2H3. The number of hydrogen-bond acceptors (Lipinski definition) is 2. The molecule has 0 N–H and O–H groups in total. The van der Waals surface area contributed by atoms with Crippen LogP contribution in [0.3, 0.4) is 0 Å². The fourth-order valence-corrected chi connectivity index (χ4v) is 4.80. The summed E-state index contributed by atoms with van der Waals surface area (Å²) in [6.45, 7) is 4.97. The lowest BCUT2D eigenvalue weighted by atomic mass is 10.3.